The highest BCUT2D eigenvalue weighted by Gasteiger charge is 2.21. The molecule has 0 radical (unpaired) electrons. The largest absolute Gasteiger partial charge is 0.490 e. The van der Waals surface area contributed by atoms with Crippen LogP contribution in [0, 0.1) is 0 Å². The molecule has 0 spiro atoms. The SMILES string of the molecule is CCCOC(=O)C(Cc1ccc(OCC=C(C)c2ccc(-c3ccccc3)cc2)cc1)OCCC. The fraction of sp³-hybridized carbons (Fsp3) is 0.323. The second kappa shape index (κ2) is 14.1. The van der Waals surface area contributed by atoms with Crippen LogP contribution in [0.15, 0.2) is 84.9 Å². The van der Waals surface area contributed by atoms with Crippen molar-refractivity contribution in [1.82, 2.24) is 0 Å². The highest BCUT2D eigenvalue weighted by atomic mass is 16.6. The number of benzene rings is 3. The Kier molecular flexibility index (Phi) is 10.6. The van der Waals surface area contributed by atoms with Crippen LogP contribution in [0.5, 0.6) is 5.75 Å². The lowest BCUT2D eigenvalue weighted by Crippen LogP contribution is -2.29. The number of ether oxygens (including phenoxy) is 3. The maximum absolute atomic E-state index is 12.3. The van der Waals surface area contributed by atoms with Crippen LogP contribution in [0.2, 0.25) is 0 Å². The van der Waals surface area contributed by atoms with Gasteiger partial charge in [-0.05, 0) is 65.8 Å². The monoisotopic (exact) mass is 472 g/mol. The first-order chi connectivity index (χ1) is 17.1. The second-order valence-electron chi connectivity index (χ2n) is 8.52. The van der Waals surface area contributed by atoms with Crippen molar-refractivity contribution in [2.24, 2.45) is 0 Å². The van der Waals surface area contributed by atoms with E-state index >= 15 is 0 Å². The Hall–Kier alpha value is -3.37. The summed E-state index contributed by atoms with van der Waals surface area (Å²) >= 11 is 0. The standard InChI is InChI=1S/C31H36O4/c1-4-20-34-30(31(32)35-21-5-2)23-25-11-17-29(18-12-25)33-22-19-24(3)26-13-15-28(16-14-26)27-9-7-6-8-10-27/h6-19,30H,4-5,20-23H2,1-3H3. The summed E-state index contributed by atoms with van der Waals surface area (Å²) in [4.78, 5) is 12.3. The molecule has 4 nitrogen and oxygen atoms in total. The molecule has 0 aliphatic rings. The number of carbonyl (C=O) groups is 1. The Morgan fingerprint density at radius 3 is 2.14 bits per heavy atom. The van der Waals surface area contributed by atoms with E-state index in [1.165, 1.54) is 22.3 Å². The van der Waals surface area contributed by atoms with Gasteiger partial charge in [0.05, 0.1) is 6.61 Å². The minimum atomic E-state index is -0.577. The van der Waals surface area contributed by atoms with Gasteiger partial charge in [0.1, 0.15) is 12.4 Å². The summed E-state index contributed by atoms with van der Waals surface area (Å²) in [6.07, 6.45) is 3.65. The van der Waals surface area contributed by atoms with Crippen molar-refractivity contribution in [3.05, 3.63) is 96.1 Å². The van der Waals surface area contributed by atoms with E-state index in [1.54, 1.807) is 0 Å². The molecule has 1 unspecified atom stereocenters. The summed E-state index contributed by atoms with van der Waals surface area (Å²) in [5, 5.41) is 0. The molecule has 0 N–H and O–H groups in total. The van der Waals surface area contributed by atoms with Crippen LogP contribution in [0.3, 0.4) is 0 Å². The van der Waals surface area contributed by atoms with Gasteiger partial charge in [-0.2, -0.15) is 0 Å². The van der Waals surface area contributed by atoms with Crippen LogP contribution >= 0.6 is 0 Å². The Labute approximate surface area is 209 Å². The molecule has 0 bridgehead atoms. The Balaban J connectivity index is 1.53. The van der Waals surface area contributed by atoms with Crippen molar-refractivity contribution < 1.29 is 19.0 Å². The summed E-state index contributed by atoms with van der Waals surface area (Å²) in [5.74, 6) is 0.495. The third kappa shape index (κ3) is 8.41. The van der Waals surface area contributed by atoms with Gasteiger partial charge in [0.2, 0.25) is 0 Å². The van der Waals surface area contributed by atoms with E-state index in [0.29, 0.717) is 26.2 Å². The fourth-order valence-corrected chi connectivity index (χ4v) is 3.64. The number of allylic oxidation sites excluding steroid dienone is 1. The first kappa shape index (κ1) is 26.2. The Morgan fingerprint density at radius 1 is 0.829 bits per heavy atom. The normalized spacial score (nSPS) is 12.3. The molecule has 3 aromatic carbocycles. The number of esters is 1. The van der Waals surface area contributed by atoms with E-state index in [9.17, 15) is 4.79 Å². The van der Waals surface area contributed by atoms with Gasteiger partial charge in [0, 0.05) is 13.0 Å². The lowest BCUT2D eigenvalue weighted by atomic mass is 10.0. The molecular formula is C31H36O4. The highest BCUT2D eigenvalue weighted by Crippen LogP contribution is 2.22. The lowest BCUT2D eigenvalue weighted by molar-refractivity contribution is -0.157. The zero-order valence-corrected chi connectivity index (χ0v) is 21.0. The van der Waals surface area contributed by atoms with E-state index in [1.807, 2.05) is 44.2 Å². The van der Waals surface area contributed by atoms with Crippen molar-refractivity contribution >= 4 is 11.5 Å². The molecule has 184 valence electrons. The molecule has 0 aliphatic heterocycles. The maximum Gasteiger partial charge on any atom is 0.335 e. The molecule has 0 aromatic heterocycles. The highest BCUT2D eigenvalue weighted by molar-refractivity contribution is 5.75. The predicted octanol–water partition coefficient (Wildman–Crippen LogP) is 7.13. The van der Waals surface area contributed by atoms with E-state index in [-0.39, 0.29) is 5.97 Å². The molecule has 0 saturated heterocycles. The van der Waals surface area contributed by atoms with Crippen molar-refractivity contribution in [3.63, 3.8) is 0 Å². The summed E-state index contributed by atoms with van der Waals surface area (Å²) in [6.45, 7) is 7.54. The molecule has 4 heteroatoms. The van der Waals surface area contributed by atoms with E-state index in [4.69, 9.17) is 14.2 Å². The first-order valence-corrected chi connectivity index (χ1v) is 12.4. The molecule has 0 aliphatic carbocycles. The molecule has 0 saturated carbocycles. The van der Waals surface area contributed by atoms with Crippen LogP contribution in [0.25, 0.3) is 16.7 Å². The van der Waals surface area contributed by atoms with Gasteiger partial charge in [-0.3, -0.25) is 0 Å². The number of hydrogen-bond donors (Lipinski definition) is 0. The van der Waals surface area contributed by atoms with Crippen molar-refractivity contribution in [2.45, 2.75) is 46.1 Å². The summed E-state index contributed by atoms with van der Waals surface area (Å²) < 4.78 is 16.9. The van der Waals surface area contributed by atoms with Gasteiger partial charge in [-0.1, -0.05) is 80.6 Å². The topological polar surface area (TPSA) is 44.8 Å². The minimum absolute atomic E-state index is 0.293. The Bertz CT molecular complexity index is 1050. The number of rotatable bonds is 13. The van der Waals surface area contributed by atoms with E-state index in [2.05, 4.69) is 61.5 Å². The maximum atomic E-state index is 12.3. The minimum Gasteiger partial charge on any atom is -0.490 e. The lowest BCUT2D eigenvalue weighted by Gasteiger charge is -2.17. The van der Waals surface area contributed by atoms with Crippen LogP contribution in [0.4, 0.5) is 0 Å². The zero-order chi connectivity index (χ0) is 24.9. The van der Waals surface area contributed by atoms with E-state index in [0.717, 1.165) is 24.2 Å². The predicted molar refractivity (Wildman–Crippen MR) is 142 cm³/mol. The van der Waals surface area contributed by atoms with Crippen LogP contribution in [-0.2, 0) is 20.7 Å². The quantitative estimate of drug-likeness (QED) is 0.248. The van der Waals surface area contributed by atoms with Gasteiger partial charge < -0.3 is 14.2 Å². The molecule has 0 amide bonds. The second-order valence-corrected chi connectivity index (χ2v) is 8.52. The van der Waals surface area contributed by atoms with Crippen molar-refractivity contribution in [3.8, 4) is 16.9 Å². The van der Waals surface area contributed by atoms with Gasteiger partial charge in [0.25, 0.3) is 0 Å². The summed E-state index contributed by atoms with van der Waals surface area (Å²) in [6, 6.07) is 26.8. The summed E-state index contributed by atoms with van der Waals surface area (Å²) in [5.41, 5.74) is 5.78. The van der Waals surface area contributed by atoms with Crippen molar-refractivity contribution in [1.29, 1.82) is 0 Å². The third-order valence-corrected chi connectivity index (χ3v) is 5.67. The van der Waals surface area contributed by atoms with Gasteiger partial charge in [-0.25, -0.2) is 4.79 Å². The average molecular weight is 473 g/mol. The molecule has 3 rings (SSSR count). The fourth-order valence-electron chi connectivity index (χ4n) is 3.64. The van der Waals surface area contributed by atoms with Crippen LogP contribution < -0.4 is 4.74 Å². The molecule has 3 aromatic rings. The van der Waals surface area contributed by atoms with Crippen LogP contribution in [0.1, 0.15) is 44.7 Å². The summed E-state index contributed by atoms with van der Waals surface area (Å²) in [7, 11) is 0. The smallest absolute Gasteiger partial charge is 0.335 e. The molecule has 0 fully saturated rings. The molecular weight excluding hydrogens is 436 g/mol. The molecule has 35 heavy (non-hydrogen) atoms. The van der Waals surface area contributed by atoms with Crippen molar-refractivity contribution in [2.75, 3.05) is 19.8 Å². The first-order valence-electron chi connectivity index (χ1n) is 12.4. The zero-order valence-electron chi connectivity index (χ0n) is 21.0. The number of hydrogen-bond acceptors (Lipinski definition) is 4. The van der Waals surface area contributed by atoms with Crippen LogP contribution in [-0.4, -0.2) is 31.9 Å². The molecule has 1 atom stereocenters. The Morgan fingerprint density at radius 2 is 1.49 bits per heavy atom. The number of carbonyl (C=O) groups excluding carboxylic acids is 1. The molecule has 0 heterocycles. The van der Waals surface area contributed by atoms with Gasteiger partial charge >= 0.3 is 5.97 Å². The van der Waals surface area contributed by atoms with Gasteiger partial charge in [0.15, 0.2) is 6.10 Å². The average Bonchev–Trinajstić information content (AvgIpc) is 2.91. The third-order valence-electron chi connectivity index (χ3n) is 5.67. The van der Waals surface area contributed by atoms with E-state index < -0.39 is 6.10 Å². The van der Waals surface area contributed by atoms with Gasteiger partial charge in [-0.15, -0.1) is 0 Å².